The molecule has 0 aliphatic carbocycles. The van der Waals surface area contributed by atoms with Gasteiger partial charge in [0.05, 0.1) is 0 Å². The zero-order valence-electron chi connectivity index (χ0n) is 9.43. The van der Waals surface area contributed by atoms with E-state index in [1.54, 1.807) is 11.3 Å². The molecule has 2 rings (SSSR count). The summed E-state index contributed by atoms with van der Waals surface area (Å²) in [7, 11) is 0. The summed E-state index contributed by atoms with van der Waals surface area (Å²) in [6.45, 7) is 3.71. The van der Waals surface area contributed by atoms with Crippen molar-refractivity contribution >= 4 is 17.3 Å². The lowest BCUT2D eigenvalue weighted by Gasteiger charge is -2.37. The summed E-state index contributed by atoms with van der Waals surface area (Å²) in [5.41, 5.74) is 1.23. The summed E-state index contributed by atoms with van der Waals surface area (Å²) >= 11 is 1.66. The molecule has 1 N–H and O–H groups in total. The standard InChI is InChI=1S/C12H17NO2S/c1-9-3-2-5-13(11(9)12(14)15)7-10-4-6-16-8-10/h4,6,8-9,11H,2-3,5,7H2,1H3,(H,14,15). The third-order valence-electron chi connectivity index (χ3n) is 3.26. The van der Waals surface area contributed by atoms with Gasteiger partial charge >= 0.3 is 5.97 Å². The summed E-state index contributed by atoms with van der Waals surface area (Å²) in [6.07, 6.45) is 2.13. The molecule has 2 atom stereocenters. The van der Waals surface area contributed by atoms with Crippen LogP contribution in [0.3, 0.4) is 0 Å². The molecule has 0 saturated carbocycles. The van der Waals surface area contributed by atoms with Crippen molar-refractivity contribution in [2.75, 3.05) is 6.54 Å². The molecular formula is C12H17NO2S. The Labute approximate surface area is 99.7 Å². The summed E-state index contributed by atoms with van der Waals surface area (Å²) in [4.78, 5) is 13.4. The van der Waals surface area contributed by atoms with Gasteiger partial charge in [-0.15, -0.1) is 0 Å². The predicted molar refractivity (Wildman–Crippen MR) is 64.6 cm³/mol. The molecule has 1 aromatic heterocycles. The van der Waals surface area contributed by atoms with Gasteiger partial charge in [-0.25, -0.2) is 0 Å². The van der Waals surface area contributed by atoms with Gasteiger partial charge in [0.15, 0.2) is 0 Å². The van der Waals surface area contributed by atoms with Gasteiger partial charge in [0, 0.05) is 6.54 Å². The molecule has 0 amide bonds. The molecule has 2 unspecified atom stereocenters. The molecule has 0 aromatic carbocycles. The van der Waals surface area contributed by atoms with Gasteiger partial charge in [-0.3, -0.25) is 9.69 Å². The number of nitrogens with zero attached hydrogens (tertiary/aromatic N) is 1. The summed E-state index contributed by atoms with van der Waals surface area (Å²) < 4.78 is 0. The lowest BCUT2D eigenvalue weighted by atomic mass is 9.90. The Bertz CT molecular complexity index is 350. The Morgan fingerprint density at radius 3 is 3.12 bits per heavy atom. The van der Waals surface area contributed by atoms with E-state index in [2.05, 4.69) is 16.3 Å². The largest absolute Gasteiger partial charge is 0.480 e. The quantitative estimate of drug-likeness (QED) is 0.880. The number of piperidine rings is 1. The SMILES string of the molecule is CC1CCCN(Cc2ccsc2)C1C(=O)O. The number of likely N-dealkylation sites (tertiary alicyclic amines) is 1. The van der Waals surface area contributed by atoms with E-state index >= 15 is 0 Å². The molecule has 0 radical (unpaired) electrons. The lowest BCUT2D eigenvalue weighted by molar-refractivity contribution is -0.147. The van der Waals surface area contributed by atoms with Crippen LogP contribution >= 0.6 is 11.3 Å². The van der Waals surface area contributed by atoms with Crippen molar-refractivity contribution in [3.05, 3.63) is 22.4 Å². The monoisotopic (exact) mass is 239 g/mol. The summed E-state index contributed by atoms with van der Waals surface area (Å²) in [6, 6.07) is 1.76. The van der Waals surface area contributed by atoms with E-state index in [0.29, 0.717) is 0 Å². The Balaban J connectivity index is 2.08. The molecular weight excluding hydrogens is 222 g/mol. The minimum atomic E-state index is -0.678. The third kappa shape index (κ3) is 2.44. The van der Waals surface area contributed by atoms with Crippen LogP contribution in [-0.4, -0.2) is 28.6 Å². The summed E-state index contributed by atoms with van der Waals surface area (Å²) in [5, 5.41) is 13.4. The number of carboxylic acid groups (broad SMARTS) is 1. The lowest BCUT2D eigenvalue weighted by Crippen LogP contribution is -2.48. The Hall–Kier alpha value is -0.870. The highest BCUT2D eigenvalue weighted by Crippen LogP contribution is 2.25. The van der Waals surface area contributed by atoms with Gasteiger partial charge in [0.2, 0.25) is 0 Å². The summed E-state index contributed by atoms with van der Waals surface area (Å²) in [5.74, 6) is -0.424. The minimum Gasteiger partial charge on any atom is -0.480 e. The fraction of sp³-hybridized carbons (Fsp3) is 0.583. The first kappa shape index (κ1) is 11.6. The van der Waals surface area contributed by atoms with Crippen molar-refractivity contribution in [2.45, 2.75) is 32.4 Å². The van der Waals surface area contributed by atoms with E-state index in [-0.39, 0.29) is 12.0 Å². The van der Waals surface area contributed by atoms with Crippen LogP contribution in [0.2, 0.25) is 0 Å². The molecule has 3 nitrogen and oxygen atoms in total. The first-order valence-electron chi connectivity index (χ1n) is 5.66. The predicted octanol–water partition coefficient (Wildman–Crippen LogP) is 2.43. The van der Waals surface area contributed by atoms with Gasteiger partial charge in [-0.05, 0) is 47.7 Å². The number of hydrogen-bond donors (Lipinski definition) is 1. The maximum Gasteiger partial charge on any atom is 0.321 e. The van der Waals surface area contributed by atoms with Crippen molar-refractivity contribution in [1.29, 1.82) is 0 Å². The molecule has 1 aromatic rings. The number of hydrogen-bond acceptors (Lipinski definition) is 3. The van der Waals surface area contributed by atoms with Crippen LogP contribution in [0.4, 0.5) is 0 Å². The maximum absolute atomic E-state index is 11.3. The smallest absolute Gasteiger partial charge is 0.321 e. The molecule has 1 aliphatic rings. The number of thiophene rings is 1. The van der Waals surface area contributed by atoms with Crippen LogP contribution in [0, 0.1) is 5.92 Å². The second kappa shape index (κ2) is 4.97. The zero-order chi connectivity index (χ0) is 11.5. The fourth-order valence-electron chi connectivity index (χ4n) is 2.47. The van der Waals surface area contributed by atoms with Crippen molar-refractivity contribution < 1.29 is 9.90 Å². The van der Waals surface area contributed by atoms with E-state index in [1.165, 1.54) is 5.56 Å². The van der Waals surface area contributed by atoms with E-state index in [4.69, 9.17) is 0 Å². The fourth-order valence-corrected chi connectivity index (χ4v) is 3.13. The molecule has 2 heterocycles. The van der Waals surface area contributed by atoms with Crippen LogP contribution in [0.1, 0.15) is 25.3 Å². The Morgan fingerprint density at radius 2 is 2.50 bits per heavy atom. The number of carboxylic acids is 1. The van der Waals surface area contributed by atoms with Crippen molar-refractivity contribution in [2.24, 2.45) is 5.92 Å². The van der Waals surface area contributed by atoms with E-state index in [9.17, 15) is 9.90 Å². The number of rotatable bonds is 3. The zero-order valence-corrected chi connectivity index (χ0v) is 10.2. The van der Waals surface area contributed by atoms with Gasteiger partial charge < -0.3 is 5.11 Å². The highest BCUT2D eigenvalue weighted by Gasteiger charge is 2.33. The van der Waals surface area contributed by atoms with Gasteiger partial charge in [-0.1, -0.05) is 6.92 Å². The van der Waals surface area contributed by atoms with Gasteiger partial charge in [0.25, 0.3) is 0 Å². The number of aliphatic carboxylic acids is 1. The Morgan fingerprint density at radius 1 is 1.69 bits per heavy atom. The average Bonchev–Trinajstić information content (AvgIpc) is 2.70. The van der Waals surface area contributed by atoms with Crippen molar-refractivity contribution in [1.82, 2.24) is 4.90 Å². The molecule has 1 fully saturated rings. The molecule has 0 spiro atoms. The van der Waals surface area contributed by atoms with Crippen LogP contribution in [-0.2, 0) is 11.3 Å². The Kier molecular flexibility index (Phi) is 3.61. The van der Waals surface area contributed by atoms with E-state index < -0.39 is 5.97 Å². The minimum absolute atomic E-state index is 0.255. The highest BCUT2D eigenvalue weighted by molar-refractivity contribution is 7.07. The van der Waals surface area contributed by atoms with Crippen LogP contribution in [0.15, 0.2) is 16.8 Å². The van der Waals surface area contributed by atoms with Gasteiger partial charge in [0.1, 0.15) is 6.04 Å². The topological polar surface area (TPSA) is 40.5 Å². The molecule has 0 bridgehead atoms. The van der Waals surface area contributed by atoms with Crippen LogP contribution in [0.25, 0.3) is 0 Å². The van der Waals surface area contributed by atoms with E-state index in [0.717, 1.165) is 25.9 Å². The van der Waals surface area contributed by atoms with Crippen LogP contribution < -0.4 is 0 Å². The third-order valence-corrected chi connectivity index (χ3v) is 3.99. The second-order valence-electron chi connectivity index (χ2n) is 4.50. The highest BCUT2D eigenvalue weighted by atomic mass is 32.1. The van der Waals surface area contributed by atoms with Gasteiger partial charge in [-0.2, -0.15) is 11.3 Å². The second-order valence-corrected chi connectivity index (χ2v) is 5.28. The molecule has 1 saturated heterocycles. The molecule has 88 valence electrons. The van der Waals surface area contributed by atoms with Crippen molar-refractivity contribution in [3.8, 4) is 0 Å². The van der Waals surface area contributed by atoms with Crippen LogP contribution in [0.5, 0.6) is 0 Å². The molecule has 4 heteroatoms. The van der Waals surface area contributed by atoms with E-state index in [1.807, 2.05) is 12.3 Å². The maximum atomic E-state index is 11.3. The first-order valence-corrected chi connectivity index (χ1v) is 6.60. The first-order chi connectivity index (χ1) is 7.68. The average molecular weight is 239 g/mol. The molecule has 16 heavy (non-hydrogen) atoms. The van der Waals surface area contributed by atoms with Crippen molar-refractivity contribution in [3.63, 3.8) is 0 Å². The normalized spacial score (nSPS) is 26.8. The molecule has 1 aliphatic heterocycles. The number of carbonyl (C=O) groups is 1.